The predicted molar refractivity (Wildman–Crippen MR) is 51.3 cm³/mol. The fraction of sp³-hybridized carbons (Fsp3) is 0.200. The minimum atomic E-state index is -0.734. The third-order valence-electron chi connectivity index (χ3n) is 1.80. The summed E-state index contributed by atoms with van der Waals surface area (Å²) in [6.07, 6.45) is 0.615. The lowest BCUT2D eigenvalue weighted by Gasteiger charge is -2.07. The number of carbonyl (C=O) groups is 2. The molecule has 4 heteroatoms. The van der Waals surface area contributed by atoms with E-state index in [1.807, 2.05) is 30.3 Å². The molecule has 73 valence electrons. The van der Waals surface area contributed by atoms with Crippen molar-refractivity contribution in [2.75, 3.05) is 0 Å². The summed E-state index contributed by atoms with van der Waals surface area (Å²) >= 11 is 0. The van der Waals surface area contributed by atoms with Gasteiger partial charge in [-0.3, -0.25) is 9.59 Å². The van der Waals surface area contributed by atoms with Crippen LogP contribution in [0.1, 0.15) is 5.56 Å². The van der Waals surface area contributed by atoms with Crippen molar-refractivity contribution in [3.8, 4) is 0 Å². The van der Waals surface area contributed by atoms with E-state index in [4.69, 9.17) is 5.73 Å². The van der Waals surface area contributed by atoms with E-state index in [1.165, 1.54) is 0 Å². The van der Waals surface area contributed by atoms with Gasteiger partial charge in [-0.2, -0.15) is 5.32 Å². The van der Waals surface area contributed by atoms with Crippen LogP contribution in [0.3, 0.4) is 0 Å². The number of nitrogens with two attached hydrogens (primary N) is 1. The van der Waals surface area contributed by atoms with Crippen LogP contribution in [0.2, 0.25) is 0 Å². The van der Waals surface area contributed by atoms with Gasteiger partial charge in [0.05, 0.1) is 6.04 Å². The van der Waals surface area contributed by atoms with E-state index < -0.39 is 11.9 Å². The number of imide groups is 1. The quantitative estimate of drug-likeness (QED) is 0.672. The summed E-state index contributed by atoms with van der Waals surface area (Å²) in [7, 11) is 0. The van der Waals surface area contributed by atoms with Crippen LogP contribution in [0, 0.1) is 0 Å². The molecule has 0 aliphatic carbocycles. The van der Waals surface area contributed by atoms with Crippen molar-refractivity contribution in [1.82, 2.24) is 5.32 Å². The molecule has 0 unspecified atom stereocenters. The molecule has 0 heterocycles. The zero-order chi connectivity index (χ0) is 10.4. The zero-order valence-corrected chi connectivity index (χ0v) is 7.59. The van der Waals surface area contributed by atoms with Gasteiger partial charge in [-0.15, -0.1) is 0 Å². The van der Waals surface area contributed by atoms with E-state index in [2.05, 4.69) is 5.32 Å². The van der Waals surface area contributed by atoms with Crippen molar-refractivity contribution in [1.29, 1.82) is 0 Å². The second-order valence-corrected chi connectivity index (χ2v) is 2.87. The number of nitrogens with zero attached hydrogens (tertiary/aromatic N) is 1. The van der Waals surface area contributed by atoms with Crippen LogP contribution in [-0.4, -0.2) is 18.4 Å². The molecular weight excluding hydrogens is 180 g/mol. The Labute approximate surface area is 82.1 Å². The molecule has 2 amide bonds. The molecule has 1 radical (unpaired) electrons. The molecule has 1 rings (SSSR count). The Bertz CT molecular complexity index is 311. The fourth-order valence-electron chi connectivity index (χ4n) is 1.10. The average molecular weight is 191 g/mol. The third kappa shape index (κ3) is 2.99. The van der Waals surface area contributed by atoms with Gasteiger partial charge in [-0.25, -0.2) is 0 Å². The highest BCUT2D eigenvalue weighted by atomic mass is 16.2. The van der Waals surface area contributed by atoms with Crippen molar-refractivity contribution in [3.63, 3.8) is 0 Å². The van der Waals surface area contributed by atoms with E-state index in [9.17, 15) is 9.59 Å². The van der Waals surface area contributed by atoms with Crippen LogP contribution in [0.15, 0.2) is 30.3 Å². The maximum atomic E-state index is 11.0. The van der Waals surface area contributed by atoms with Crippen molar-refractivity contribution >= 4 is 12.3 Å². The first-order chi connectivity index (χ1) is 6.74. The van der Waals surface area contributed by atoms with Gasteiger partial charge in [0, 0.05) is 0 Å². The van der Waals surface area contributed by atoms with Gasteiger partial charge in [0.25, 0.3) is 5.91 Å². The van der Waals surface area contributed by atoms with Crippen molar-refractivity contribution in [2.45, 2.75) is 12.5 Å². The van der Waals surface area contributed by atoms with E-state index in [0.717, 1.165) is 5.56 Å². The summed E-state index contributed by atoms with van der Waals surface area (Å²) < 4.78 is 0. The molecule has 0 aliphatic heterocycles. The summed E-state index contributed by atoms with van der Waals surface area (Å²) in [5, 5.41) is 3.08. The van der Waals surface area contributed by atoms with Gasteiger partial charge in [-0.05, 0) is 12.0 Å². The molecule has 4 nitrogen and oxygen atoms in total. The molecule has 0 aromatic heterocycles. The van der Waals surface area contributed by atoms with Crippen LogP contribution in [0.5, 0.6) is 0 Å². The van der Waals surface area contributed by atoms with Gasteiger partial charge in [0.2, 0.25) is 6.41 Å². The Morgan fingerprint density at radius 3 is 2.64 bits per heavy atom. The number of carbonyl (C=O) groups excluding carboxylic acids is 2. The number of hydrogen-bond donors (Lipinski definition) is 1. The molecule has 0 saturated heterocycles. The first-order valence-corrected chi connectivity index (χ1v) is 4.22. The highest BCUT2D eigenvalue weighted by molar-refractivity contribution is 5.89. The first kappa shape index (κ1) is 10.4. The van der Waals surface area contributed by atoms with Crippen LogP contribution in [0.25, 0.3) is 0 Å². The Kier molecular flexibility index (Phi) is 3.82. The normalized spacial score (nSPS) is 11.8. The minimum Gasteiger partial charge on any atom is -0.320 e. The lowest BCUT2D eigenvalue weighted by atomic mass is 10.1. The monoisotopic (exact) mass is 191 g/mol. The Morgan fingerprint density at radius 1 is 1.43 bits per heavy atom. The maximum Gasteiger partial charge on any atom is 0.265 e. The smallest absolute Gasteiger partial charge is 0.265 e. The molecule has 1 atom stereocenters. The van der Waals surface area contributed by atoms with Crippen LogP contribution in [0.4, 0.5) is 0 Å². The number of hydrogen-bond acceptors (Lipinski definition) is 3. The minimum absolute atomic E-state index is 0.215. The summed E-state index contributed by atoms with van der Waals surface area (Å²) in [6.45, 7) is 0. The molecule has 0 spiro atoms. The largest absolute Gasteiger partial charge is 0.320 e. The fourth-order valence-corrected chi connectivity index (χ4v) is 1.10. The average Bonchev–Trinajstić information content (AvgIpc) is 2.19. The van der Waals surface area contributed by atoms with E-state index in [0.29, 0.717) is 6.42 Å². The molecular formula is C10H11N2O2. The molecule has 2 N–H and O–H groups in total. The van der Waals surface area contributed by atoms with Crippen molar-refractivity contribution in [3.05, 3.63) is 35.9 Å². The van der Waals surface area contributed by atoms with E-state index in [1.54, 1.807) is 0 Å². The summed E-state index contributed by atoms with van der Waals surface area (Å²) in [5.41, 5.74) is 6.49. The van der Waals surface area contributed by atoms with Gasteiger partial charge in [0.1, 0.15) is 0 Å². The topological polar surface area (TPSA) is 74.3 Å². The summed E-state index contributed by atoms with van der Waals surface area (Å²) in [6, 6.07) is 8.62. The van der Waals surface area contributed by atoms with Gasteiger partial charge >= 0.3 is 0 Å². The molecule has 0 saturated carbocycles. The molecule has 0 bridgehead atoms. The van der Waals surface area contributed by atoms with E-state index >= 15 is 0 Å². The number of rotatable bonds is 4. The Balaban J connectivity index is 2.52. The van der Waals surface area contributed by atoms with Gasteiger partial charge in [-0.1, -0.05) is 30.3 Å². The second kappa shape index (κ2) is 5.14. The molecule has 14 heavy (non-hydrogen) atoms. The van der Waals surface area contributed by atoms with Gasteiger partial charge < -0.3 is 5.73 Å². The Hall–Kier alpha value is -1.68. The SMILES string of the molecule is N[C@@H](Cc1ccccc1)C(=O)[N]C=O. The third-order valence-corrected chi connectivity index (χ3v) is 1.80. The second-order valence-electron chi connectivity index (χ2n) is 2.87. The zero-order valence-electron chi connectivity index (χ0n) is 7.59. The molecule has 0 fully saturated rings. The first-order valence-electron chi connectivity index (χ1n) is 4.22. The number of amides is 2. The van der Waals surface area contributed by atoms with Crippen LogP contribution >= 0.6 is 0 Å². The highest BCUT2D eigenvalue weighted by Crippen LogP contribution is 2.01. The van der Waals surface area contributed by atoms with Crippen LogP contribution in [-0.2, 0) is 16.0 Å². The molecule has 0 aliphatic rings. The molecule has 1 aromatic rings. The predicted octanol–water partition coefficient (Wildman–Crippen LogP) is -0.156. The van der Waals surface area contributed by atoms with Crippen molar-refractivity contribution in [2.24, 2.45) is 5.73 Å². The van der Waals surface area contributed by atoms with Crippen molar-refractivity contribution < 1.29 is 9.59 Å². The summed E-state index contributed by atoms with van der Waals surface area (Å²) in [4.78, 5) is 21.0. The molecule has 1 aromatic carbocycles. The lowest BCUT2D eigenvalue weighted by molar-refractivity contribution is -0.126. The number of benzene rings is 1. The Morgan fingerprint density at radius 2 is 2.07 bits per heavy atom. The lowest BCUT2D eigenvalue weighted by Crippen LogP contribution is -2.37. The van der Waals surface area contributed by atoms with E-state index in [-0.39, 0.29) is 6.41 Å². The van der Waals surface area contributed by atoms with Crippen LogP contribution < -0.4 is 11.1 Å². The summed E-state index contributed by atoms with van der Waals surface area (Å²) in [5.74, 6) is -0.580. The van der Waals surface area contributed by atoms with Gasteiger partial charge in [0.15, 0.2) is 0 Å². The maximum absolute atomic E-state index is 11.0. The highest BCUT2D eigenvalue weighted by Gasteiger charge is 2.14. The standard InChI is InChI=1S/C10H11N2O2/c11-9(10(14)12-7-13)6-8-4-2-1-3-5-8/h1-5,7,9H,6,11H2/t9-/m0/s1.